The summed E-state index contributed by atoms with van der Waals surface area (Å²) in [6.45, 7) is 2.32. The number of carbonyl (C=O) groups is 1. The maximum absolute atomic E-state index is 12.8. The SMILES string of the molecule is O=C(c1ccncc1Cl)N1CCCC(S(=O)(=O)N2CCOCC2)C1. The van der Waals surface area contributed by atoms with Crippen LogP contribution in [0.15, 0.2) is 18.5 Å². The van der Waals surface area contributed by atoms with Gasteiger partial charge < -0.3 is 9.64 Å². The summed E-state index contributed by atoms with van der Waals surface area (Å²) in [4.78, 5) is 18.1. The minimum atomic E-state index is -3.43. The molecule has 0 aliphatic carbocycles. The van der Waals surface area contributed by atoms with E-state index in [2.05, 4.69) is 4.98 Å². The maximum Gasteiger partial charge on any atom is 0.255 e. The molecule has 0 N–H and O–H groups in total. The number of carbonyl (C=O) groups excluding carboxylic acids is 1. The molecular formula is C15H20ClN3O4S. The van der Waals surface area contributed by atoms with Gasteiger partial charge in [0.05, 0.1) is 29.0 Å². The summed E-state index contributed by atoms with van der Waals surface area (Å²) in [7, 11) is -3.43. The van der Waals surface area contributed by atoms with Gasteiger partial charge in [0.15, 0.2) is 0 Å². The molecule has 24 heavy (non-hydrogen) atoms. The van der Waals surface area contributed by atoms with Crippen molar-refractivity contribution in [1.29, 1.82) is 0 Å². The van der Waals surface area contributed by atoms with Crippen LogP contribution in [-0.2, 0) is 14.8 Å². The van der Waals surface area contributed by atoms with E-state index in [1.165, 1.54) is 16.7 Å². The molecule has 3 heterocycles. The number of pyridine rings is 1. The Balaban J connectivity index is 1.74. The molecule has 2 aliphatic rings. The van der Waals surface area contributed by atoms with E-state index in [-0.39, 0.29) is 17.5 Å². The van der Waals surface area contributed by atoms with Crippen LogP contribution in [0.1, 0.15) is 23.2 Å². The van der Waals surface area contributed by atoms with Crippen LogP contribution in [0.25, 0.3) is 0 Å². The van der Waals surface area contributed by atoms with Crippen molar-refractivity contribution in [3.8, 4) is 0 Å². The van der Waals surface area contributed by atoms with E-state index in [1.807, 2.05) is 0 Å². The largest absolute Gasteiger partial charge is 0.379 e. The normalized spacial score (nSPS) is 23.2. The highest BCUT2D eigenvalue weighted by molar-refractivity contribution is 7.89. The van der Waals surface area contributed by atoms with Crippen LogP contribution >= 0.6 is 11.6 Å². The van der Waals surface area contributed by atoms with Gasteiger partial charge in [-0.3, -0.25) is 9.78 Å². The summed E-state index contributed by atoms with van der Waals surface area (Å²) in [5, 5.41) is -0.297. The molecule has 2 saturated heterocycles. The van der Waals surface area contributed by atoms with Gasteiger partial charge in [-0.25, -0.2) is 8.42 Å². The first-order valence-electron chi connectivity index (χ1n) is 7.95. The lowest BCUT2D eigenvalue weighted by molar-refractivity contribution is 0.0686. The Hall–Kier alpha value is -1.22. The molecule has 1 aromatic heterocycles. The Morgan fingerprint density at radius 3 is 2.75 bits per heavy atom. The van der Waals surface area contributed by atoms with Crippen LogP contribution in [0, 0.1) is 0 Å². The number of halogens is 1. The molecule has 1 unspecified atom stereocenters. The number of rotatable bonds is 3. The Bertz CT molecular complexity index is 706. The van der Waals surface area contributed by atoms with Gasteiger partial charge in [-0.05, 0) is 18.9 Å². The fourth-order valence-electron chi connectivity index (χ4n) is 3.10. The highest BCUT2D eigenvalue weighted by atomic mass is 35.5. The van der Waals surface area contributed by atoms with E-state index >= 15 is 0 Å². The zero-order valence-corrected chi connectivity index (χ0v) is 14.8. The molecule has 7 nitrogen and oxygen atoms in total. The number of amides is 1. The third kappa shape index (κ3) is 3.56. The molecule has 0 spiro atoms. The van der Waals surface area contributed by atoms with Gasteiger partial charge in [0.25, 0.3) is 5.91 Å². The first-order valence-corrected chi connectivity index (χ1v) is 9.84. The van der Waals surface area contributed by atoms with Crippen molar-refractivity contribution in [2.75, 3.05) is 39.4 Å². The predicted octanol–water partition coefficient (Wildman–Crippen LogP) is 1.00. The standard InChI is InChI=1S/C15H20ClN3O4S/c16-14-10-17-4-3-13(14)15(20)18-5-1-2-12(11-18)24(21,22)19-6-8-23-9-7-19/h3-4,10,12H,1-2,5-9,11H2. The lowest BCUT2D eigenvalue weighted by atomic mass is 10.1. The molecule has 1 aromatic rings. The zero-order chi connectivity index (χ0) is 17.2. The highest BCUT2D eigenvalue weighted by Gasteiger charge is 2.37. The summed E-state index contributed by atoms with van der Waals surface area (Å²) in [6, 6.07) is 1.56. The fraction of sp³-hybridized carbons (Fsp3) is 0.600. The average molecular weight is 374 g/mol. The van der Waals surface area contributed by atoms with Crippen LogP contribution in [0.5, 0.6) is 0 Å². The number of hydrogen-bond acceptors (Lipinski definition) is 5. The minimum Gasteiger partial charge on any atom is -0.379 e. The predicted molar refractivity (Wildman–Crippen MR) is 89.5 cm³/mol. The average Bonchev–Trinajstić information content (AvgIpc) is 2.62. The van der Waals surface area contributed by atoms with Crippen LogP contribution in [0.2, 0.25) is 5.02 Å². The van der Waals surface area contributed by atoms with Crippen molar-refractivity contribution in [3.63, 3.8) is 0 Å². The Morgan fingerprint density at radius 2 is 2.04 bits per heavy atom. The first kappa shape index (κ1) is 17.6. The van der Waals surface area contributed by atoms with Gasteiger partial charge in [0, 0.05) is 38.6 Å². The molecule has 1 amide bonds. The van der Waals surface area contributed by atoms with Gasteiger partial charge in [-0.15, -0.1) is 0 Å². The topological polar surface area (TPSA) is 79.8 Å². The van der Waals surface area contributed by atoms with Gasteiger partial charge in [0.1, 0.15) is 0 Å². The number of ether oxygens (including phenoxy) is 1. The van der Waals surface area contributed by atoms with Gasteiger partial charge in [-0.1, -0.05) is 11.6 Å². The van der Waals surface area contributed by atoms with Crippen LogP contribution in [-0.4, -0.2) is 73.2 Å². The smallest absolute Gasteiger partial charge is 0.255 e. The number of hydrogen-bond donors (Lipinski definition) is 0. The van der Waals surface area contributed by atoms with Crippen LogP contribution in [0.4, 0.5) is 0 Å². The number of nitrogens with zero attached hydrogens (tertiary/aromatic N) is 3. The molecule has 1 atom stereocenters. The third-order valence-electron chi connectivity index (χ3n) is 4.42. The second-order valence-corrected chi connectivity index (χ2v) is 8.55. The van der Waals surface area contributed by atoms with Crippen molar-refractivity contribution < 1.29 is 17.9 Å². The molecule has 9 heteroatoms. The third-order valence-corrected chi connectivity index (χ3v) is 7.03. The van der Waals surface area contributed by atoms with E-state index < -0.39 is 15.3 Å². The molecule has 0 radical (unpaired) electrons. The Labute approximate surface area is 146 Å². The maximum atomic E-state index is 12.8. The molecule has 132 valence electrons. The number of morpholine rings is 1. The molecule has 0 aromatic carbocycles. The number of sulfonamides is 1. The Morgan fingerprint density at radius 1 is 1.29 bits per heavy atom. The zero-order valence-electron chi connectivity index (χ0n) is 13.2. The van der Waals surface area contributed by atoms with E-state index in [4.69, 9.17) is 16.3 Å². The lowest BCUT2D eigenvalue weighted by Gasteiger charge is -2.36. The van der Waals surface area contributed by atoms with Gasteiger partial charge >= 0.3 is 0 Å². The summed E-state index contributed by atoms with van der Waals surface area (Å²) in [5.74, 6) is -0.246. The summed E-state index contributed by atoms with van der Waals surface area (Å²) >= 11 is 6.04. The summed E-state index contributed by atoms with van der Waals surface area (Å²) < 4.78 is 32.3. The Kier molecular flexibility index (Phi) is 5.39. The van der Waals surface area contributed by atoms with E-state index in [0.29, 0.717) is 51.3 Å². The van der Waals surface area contributed by atoms with Crippen molar-refractivity contribution in [3.05, 3.63) is 29.0 Å². The molecule has 2 aliphatic heterocycles. The van der Waals surface area contributed by atoms with Crippen molar-refractivity contribution in [2.24, 2.45) is 0 Å². The molecule has 0 saturated carbocycles. The fourth-order valence-corrected chi connectivity index (χ4v) is 5.21. The monoisotopic (exact) mass is 373 g/mol. The van der Waals surface area contributed by atoms with Gasteiger partial charge in [0.2, 0.25) is 10.0 Å². The number of likely N-dealkylation sites (tertiary alicyclic amines) is 1. The molecule has 0 bridgehead atoms. The second kappa shape index (κ2) is 7.35. The molecule has 2 fully saturated rings. The van der Waals surface area contributed by atoms with Crippen LogP contribution < -0.4 is 0 Å². The van der Waals surface area contributed by atoms with Crippen molar-refractivity contribution in [1.82, 2.24) is 14.2 Å². The quantitative estimate of drug-likeness (QED) is 0.789. The lowest BCUT2D eigenvalue weighted by Crippen LogP contribution is -2.51. The van der Waals surface area contributed by atoms with E-state index in [9.17, 15) is 13.2 Å². The second-order valence-electron chi connectivity index (χ2n) is 5.93. The summed E-state index contributed by atoms with van der Waals surface area (Å²) in [5.41, 5.74) is 0.357. The summed E-state index contributed by atoms with van der Waals surface area (Å²) in [6.07, 6.45) is 4.14. The first-order chi connectivity index (χ1) is 11.5. The molecular weight excluding hydrogens is 354 g/mol. The minimum absolute atomic E-state index is 0.192. The highest BCUT2D eigenvalue weighted by Crippen LogP contribution is 2.24. The number of aromatic nitrogens is 1. The van der Waals surface area contributed by atoms with Crippen molar-refractivity contribution in [2.45, 2.75) is 18.1 Å². The number of piperidine rings is 1. The van der Waals surface area contributed by atoms with E-state index in [1.54, 1.807) is 11.0 Å². The van der Waals surface area contributed by atoms with Crippen molar-refractivity contribution >= 4 is 27.5 Å². The van der Waals surface area contributed by atoms with Crippen LogP contribution in [0.3, 0.4) is 0 Å². The van der Waals surface area contributed by atoms with E-state index in [0.717, 1.165) is 0 Å². The van der Waals surface area contributed by atoms with Gasteiger partial charge in [-0.2, -0.15) is 4.31 Å². The molecule has 3 rings (SSSR count).